The summed E-state index contributed by atoms with van der Waals surface area (Å²) in [5.41, 5.74) is 0.917. The van der Waals surface area contributed by atoms with Gasteiger partial charge in [-0.1, -0.05) is 0 Å². The van der Waals surface area contributed by atoms with Gasteiger partial charge in [-0.2, -0.15) is 14.6 Å². The quantitative estimate of drug-likeness (QED) is 0.912. The fourth-order valence-electron chi connectivity index (χ4n) is 3.08. The van der Waals surface area contributed by atoms with Crippen LogP contribution in [0, 0.1) is 12.8 Å². The number of carbonyl (C=O) groups is 1. The third-order valence-corrected chi connectivity index (χ3v) is 4.40. The first-order valence-corrected chi connectivity index (χ1v) is 7.93. The molecule has 1 atom stereocenters. The number of anilines is 1. The second-order valence-corrected chi connectivity index (χ2v) is 6.30. The highest BCUT2D eigenvalue weighted by atomic mass is 16.2. The van der Waals surface area contributed by atoms with E-state index in [0.717, 1.165) is 50.3 Å². The Bertz CT molecular complexity index is 707. The first kappa shape index (κ1) is 13.5. The van der Waals surface area contributed by atoms with Gasteiger partial charge in [0.2, 0.25) is 5.91 Å². The van der Waals surface area contributed by atoms with Gasteiger partial charge in [0.05, 0.1) is 5.92 Å². The third-order valence-electron chi connectivity index (χ3n) is 4.40. The fourth-order valence-corrected chi connectivity index (χ4v) is 3.08. The van der Waals surface area contributed by atoms with E-state index in [0.29, 0.717) is 11.8 Å². The van der Waals surface area contributed by atoms with E-state index in [4.69, 9.17) is 0 Å². The number of carbonyl (C=O) groups excluding carboxylic acids is 1. The molecule has 2 fully saturated rings. The van der Waals surface area contributed by atoms with Gasteiger partial charge in [0.25, 0.3) is 5.78 Å². The van der Waals surface area contributed by atoms with Crippen molar-refractivity contribution in [3.8, 4) is 0 Å². The van der Waals surface area contributed by atoms with Crippen LogP contribution in [0.2, 0.25) is 0 Å². The molecule has 116 valence electrons. The molecule has 3 heterocycles. The summed E-state index contributed by atoms with van der Waals surface area (Å²) in [6, 6.07) is 2.44. The minimum atomic E-state index is 0.0568. The highest BCUT2D eigenvalue weighted by molar-refractivity contribution is 5.80. The summed E-state index contributed by atoms with van der Waals surface area (Å²) in [7, 11) is 0. The van der Waals surface area contributed by atoms with Crippen LogP contribution in [0.1, 0.15) is 31.4 Å². The second-order valence-electron chi connectivity index (χ2n) is 6.30. The molecule has 1 saturated heterocycles. The Balaban J connectivity index is 1.58. The zero-order valence-electron chi connectivity index (χ0n) is 12.7. The number of piperidine rings is 1. The smallest absolute Gasteiger partial charge is 0.254 e. The van der Waals surface area contributed by atoms with E-state index in [1.54, 1.807) is 4.52 Å². The number of rotatable bonds is 3. The molecule has 2 aromatic heterocycles. The van der Waals surface area contributed by atoms with Crippen molar-refractivity contribution in [3.63, 3.8) is 0 Å². The predicted octanol–water partition coefficient (Wildman–Crippen LogP) is 0.928. The van der Waals surface area contributed by atoms with Gasteiger partial charge in [0.15, 0.2) is 0 Å². The van der Waals surface area contributed by atoms with Crippen molar-refractivity contribution in [1.29, 1.82) is 0 Å². The van der Waals surface area contributed by atoms with Gasteiger partial charge in [-0.05, 0) is 32.6 Å². The zero-order chi connectivity index (χ0) is 15.1. The zero-order valence-corrected chi connectivity index (χ0v) is 12.7. The average Bonchev–Trinajstić information content (AvgIpc) is 3.21. The van der Waals surface area contributed by atoms with Crippen LogP contribution in [0.3, 0.4) is 0 Å². The number of hydrogen-bond acceptors (Lipinski definition) is 5. The molecule has 1 aliphatic carbocycles. The Hall–Kier alpha value is -2.18. The topological polar surface area (TPSA) is 75.4 Å². The Kier molecular flexibility index (Phi) is 3.20. The van der Waals surface area contributed by atoms with Crippen LogP contribution in [0.4, 0.5) is 5.82 Å². The van der Waals surface area contributed by atoms with E-state index >= 15 is 0 Å². The highest BCUT2D eigenvalue weighted by Crippen LogP contribution is 2.25. The van der Waals surface area contributed by atoms with Crippen molar-refractivity contribution in [2.45, 2.75) is 38.6 Å². The summed E-state index contributed by atoms with van der Waals surface area (Å²) in [5.74, 6) is 1.85. The van der Waals surface area contributed by atoms with Crippen molar-refractivity contribution < 1.29 is 4.79 Å². The minimum Gasteiger partial charge on any atom is -0.356 e. The molecule has 0 aromatic carbocycles. The normalized spacial score (nSPS) is 22.0. The fraction of sp³-hybridized carbons (Fsp3) is 0.600. The van der Waals surface area contributed by atoms with Gasteiger partial charge in [-0.15, -0.1) is 0 Å². The Morgan fingerprint density at radius 1 is 1.36 bits per heavy atom. The number of amides is 1. The van der Waals surface area contributed by atoms with Crippen molar-refractivity contribution in [2.75, 3.05) is 18.0 Å². The molecule has 1 saturated carbocycles. The molecule has 4 rings (SSSR count). The third kappa shape index (κ3) is 2.51. The number of aromatic nitrogens is 4. The lowest BCUT2D eigenvalue weighted by Gasteiger charge is -2.33. The van der Waals surface area contributed by atoms with Crippen LogP contribution in [0.15, 0.2) is 12.4 Å². The molecule has 1 N–H and O–H groups in total. The number of nitrogens with zero attached hydrogens (tertiary/aromatic N) is 5. The molecule has 1 aliphatic heterocycles. The number of nitrogens with one attached hydrogen (secondary N) is 1. The summed E-state index contributed by atoms with van der Waals surface area (Å²) in [4.78, 5) is 23.1. The van der Waals surface area contributed by atoms with Gasteiger partial charge in [0, 0.05) is 30.9 Å². The molecular formula is C15H20N6O. The van der Waals surface area contributed by atoms with E-state index in [1.165, 1.54) is 6.33 Å². The summed E-state index contributed by atoms with van der Waals surface area (Å²) in [6.45, 7) is 3.63. The first-order chi connectivity index (χ1) is 10.7. The van der Waals surface area contributed by atoms with E-state index in [2.05, 4.69) is 25.3 Å². The Labute approximate surface area is 128 Å². The summed E-state index contributed by atoms with van der Waals surface area (Å²) < 4.78 is 1.76. The van der Waals surface area contributed by atoms with Crippen molar-refractivity contribution in [2.24, 2.45) is 5.92 Å². The maximum Gasteiger partial charge on any atom is 0.254 e. The lowest BCUT2D eigenvalue weighted by atomic mass is 9.97. The minimum absolute atomic E-state index is 0.0568. The predicted molar refractivity (Wildman–Crippen MR) is 81.6 cm³/mol. The number of fused-ring (bicyclic) bond motifs is 1. The summed E-state index contributed by atoms with van der Waals surface area (Å²) in [6.07, 6.45) is 5.75. The van der Waals surface area contributed by atoms with Crippen molar-refractivity contribution in [3.05, 3.63) is 18.1 Å². The standard InChI is InChI=1S/C15H20N6O/c1-10-7-13(21-15(18-10)16-9-17-21)20-6-2-3-11(8-20)14(22)19-12-4-5-12/h7,9,11-12H,2-6,8H2,1H3,(H,19,22). The van der Waals surface area contributed by atoms with Crippen molar-refractivity contribution >= 4 is 17.5 Å². The molecule has 0 bridgehead atoms. The highest BCUT2D eigenvalue weighted by Gasteiger charge is 2.31. The second kappa shape index (κ2) is 5.23. The number of aryl methyl sites for hydroxylation is 1. The molecule has 2 aromatic rings. The lowest BCUT2D eigenvalue weighted by Crippen LogP contribution is -2.44. The molecule has 0 spiro atoms. The van der Waals surface area contributed by atoms with E-state index in [-0.39, 0.29) is 11.8 Å². The molecule has 1 unspecified atom stereocenters. The number of hydrogen-bond donors (Lipinski definition) is 1. The van der Waals surface area contributed by atoms with Crippen LogP contribution in [0.5, 0.6) is 0 Å². The van der Waals surface area contributed by atoms with Crippen LogP contribution >= 0.6 is 0 Å². The first-order valence-electron chi connectivity index (χ1n) is 7.93. The SMILES string of the molecule is Cc1cc(N2CCCC(C(=O)NC3CC3)C2)n2ncnc2n1. The van der Waals surface area contributed by atoms with Gasteiger partial charge in [0.1, 0.15) is 12.1 Å². The van der Waals surface area contributed by atoms with Crippen LogP contribution < -0.4 is 10.2 Å². The molecule has 22 heavy (non-hydrogen) atoms. The van der Waals surface area contributed by atoms with Crippen molar-refractivity contribution in [1.82, 2.24) is 24.9 Å². The summed E-state index contributed by atoms with van der Waals surface area (Å²) in [5, 5.41) is 7.39. The van der Waals surface area contributed by atoms with Crippen LogP contribution in [-0.4, -0.2) is 44.6 Å². The molecule has 0 radical (unpaired) electrons. The van der Waals surface area contributed by atoms with Crippen LogP contribution in [0.25, 0.3) is 5.78 Å². The molecular weight excluding hydrogens is 280 g/mol. The lowest BCUT2D eigenvalue weighted by molar-refractivity contribution is -0.125. The van der Waals surface area contributed by atoms with E-state index in [1.807, 2.05) is 13.0 Å². The van der Waals surface area contributed by atoms with Gasteiger partial charge < -0.3 is 10.2 Å². The summed E-state index contributed by atoms with van der Waals surface area (Å²) >= 11 is 0. The Morgan fingerprint density at radius 3 is 3.05 bits per heavy atom. The molecule has 2 aliphatic rings. The van der Waals surface area contributed by atoms with Gasteiger partial charge in [-0.3, -0.25) is 4.79 Å². The van der Waals surface area contributed by atoms with Gasteiger partial charge in [-0.25, -0.2) is 4.98 Å². The van der Waals surface area contributed by atoms with Gasteiger partial charge >= 0.3 is 0 Å². The maximum absolute atomic E-state index is 12.3. The van der Waals surface area contributed by atoms with Crippen LogP contribution in [-0.2, 0) is 4.79 Å². The van der Waals surface area contributed by atoms with E-state index < -0.39 is 0 Å². The molecule has 7 nitrogen and oxygen atoms in total. The Morgan fingerprint density at radius 2 is 2.23 bits per heavy atom. The largest absolute Gasteiger partial charge is 0.356 e. The monoisotopic (exact) mass is 300 g/mol. The maximum atomic E-state index is 12.3. The molecule has 7 heteroatoms. The van der Waals surface area contributed by atoms with E-state index in [9.17, 15) is 4.79 Å². The average molecular weight is 300 g/mol. The molecule has 1 amide bonds.